The maximum Gasteiger partial charge on any atom is 0.229 e. The molecule has 5 unspecified atom stereocenters. The molecule has 1 aromatic heterocycles. The van der Waals surface area contributed by atoms with Crippen molar-refractivity contribution in [3.8, 4) is 28.6 Å². The number of fused-ring (bicyclic) bond motifs is 1. The first-order valence-corrected chi connectivity index (χ1v) is 9.36. The zero-order chi connectivity index (χ0) is 22.3. The molecule has 0 spiro atoms. The van der Waals surface area contributed by atoms with Gasteiger partial charge in [0.05, 0.1) is 6.61 Å². The summed E-state index contributed by atoms with van der Waals surface area (Å²) in [5, 5.41) is 58.8. The van der Waals surface area contributed by atoms with Crippen molar-refractivity contribution in [2.75, 3.05) is 6.61 Å². The second-order valence-electron chi connectivity index (χ2n) is 7.15. The maximum absolute atomic E-state index is 12.5. The van der Waals surface area contributed by atoms with Gasteiger partial charge in [-0.05, 0) is 24.3 Å². The summed E-state index contributed by atoms with van der Waals surface area (Å²) < 4.78 is 16.5. The molecule has 1 saturated heterocycles. The van der Waals surface area contributed by atoms with Crippen LogP contribution in [0.4, 0.5) is 0 Å². The van der Waals surface area contributed by atoms with Crippen molar-refractivity contribution in [2.45, 2.75) is 30.7 Å². The molecule has 1 fully saturated rings. The third-order valence-electron chi connectivity index (χ3n) is 5.04. The first kappa shape index (κ1) is 21.1. The average molecular weight is 432 g/mol. The molecule has 31 heavy (non-hydrogen) atoms. The first-order chi connectivity index (χ1) is 14.8. The van der Waals surface area contributed by atoms with E-state index in [-0.39, 0.29) is 28.2 Å². The Bertz CT molecular complexity index is 1140. The SMILES string of the molecule is O=c1cc(-c2ccc(O)cc2)oc2cc(OC3OC(CO)C(O)C(O)C3O)cc(O)c12. The molecule has 0 amide bonds. The highest BCUT2D eigenvalue weighted by molar-refractivity contribution is 5.86. The summed E-state index contributed by atoms with van der Waals surface area (Å²) in [4.78, 5) is 12.5. The van der Waals surface area contributed by atoms with Crippen LogP contribution in [0.2, 0.25) is 0 Å². The van der Waals surface area contributed by atoms with E-state index in [1.54, 1.807) is 12.1 Å². The lowest BCUT2D eigenvalue weighted by molar-refractivity contribution is -0.277. The number of ether oxygens (including phenoxy) is 2. The van der Waals surface area contributed by atoms with Gasteiger partial charge in [0.25, 0.3) is 0 Å². The van der Waals surface area contributed by atoms with E-state index in [1.807, 2.05) is 0 Å². The van der Waals surface area contributed by atoms with Gasteiger partial charge in [0.1, 0.15) is 58.4 Å². The summed E-state index contributed by atoms with van der Waals surface area (Å²) in [7, 11) is 0. The van der Waals surface area contributed by atoms with Crippen LogP contribution >= 0.6 is 0 Å². The molecule has 4 rings (SSSR count). The molecule has 10 nitrogen and oxygen atoms in total. The van der Waals surface area contributed by atoms with E-state index in [9.17, 15) is 35.4 Å². The van der Waals surface area contributed by atoms with Gasteiger partial charge in [0, 0.05) is 23.8 Å². The fraction of sp³-hybridized carbons (Fsp3) is 0.286. The smallest absolute Gasteiger partial charge is 0.229 e. The molecule has 0 aliphatic carbocycles. The molecule has 3 aromatic rings. The van der Waals surface area contributed by atoms with Crippen molar-refractivity contribution in [1.82, 2.24) is 0 Å². The van der Waals surface area contributed by atoms with E-state index < -0.39 is 48.5 Å². The van der Waals surface area contributed by atoms with Crippen molar-refractivity contribution in [3.05, 3.63) is 52.7 Å². The number of aliphatic hydroxyl groups is 4. The fourth-order valence-electron chi connectivity index (χ4n) is 3.38. The van der Waals surface area contributed by atoms with Crippen LogP contribution in [-0.4, -0.2) is 68.0 Å². The van der Waals surface area contributed by atoms with E-state index in [0.717, 1.165) is 6.07 Å². The second kappa shape index (κ2) is 8.17. The Morgan fingerprint density at radius 2 is 1.65 bits per heavy atom. The van der Waals surface area contributed by atoms with Crippen LogP contribution in [0.1, 0.15) is 0 Å². The van der Waals surface area contributed by atoms with Crippen LogP contribution in [-0.2, 0) is 4.74 Å². The van der Waals surface area contributed by atoms with Gasteiger partial charge in [-0.3, -0.25) is 4.79 Å². The minimum Gasteiger partial charge on any atom is -0.508 e. The zero-order valence-corrected chi connectivity index (χ0v) is 16.0. The highest BCUT2D eigenvalue weighted by atomic mass is 16.7. The molecular formula is C21H20O10. The monoisotopic (exact) mass is 432 g/mol. The first-order valence-electron chi connectivity index (χ1n) is 9.36. The molecule has 10 heteroatoms. The Morgan fingerprint density at radius 1 is 0.935 bits per heavy atom. The molecule has 2 heterocycles. The van der Waals surface area contributed by atoms with Crippen molar-refractivity contribution in [2.24, 2.45) is 0 Å². The Balaban J connectivity index is 1.71. The lowest BCUT2D eigenvalue weighted by Crippen LogP contribution is -2.60. The summed E-state index contributed by atoms with van der Waals surface area (Å²) >= 11 is 0. The topological polar surface area (TPSA) is 170 Å². The molecule has 1 aliphatic heterocycles. The normalized spacial score (nSPS) is 26.1. The number of phenols is 2. The molecular weight excluding hydrogens is 412 g/mol. The predicted molar refractivity (Wildman–Crippen MR) is 106 cm³/mol. The van der Waals surface area contributed by atoms with Crippen LogP contribution in [0.15, 0.2) is 51.7 Å². The van der Waals surface area contributed by atoms with Crippen LogP contribution in [0.25, 0.3) is 22.3 Å². The van der Waals surface area contributed by atoms with E-state index in [2.05, 4.69) is 0 Å². The summed E-state index contributed by atoms with van der Waals surface area (Å²) in [6, 6.07) is 9.56. The number of hydrogen-bond acceptors (Lipinski definition) is 10. The van der Waals surface area contributed by atoms with E-state index in [4.69, 9.17) is 13.9 Å². The predicted octanol–water partition coefficient (Wildman–Crippen LogP) is 0.0499. The zero-order valence-electron chi connectivity index (χ0n) is 16.0. The van der Waals surface area contributed by atoms with Crippen molar-refractivity contribution in [1.29, 1.82) is 0 Å². The van der Waals surface area contributed by atoms with Crippen LogP contribution in [0.3, 0.4) is 0 Å². The minimum atomic E-state index is -1.65. The Labute approximate surface area is 174 Å². The lowest BCUT2D eigenvalue weighted by atomic mass is 9.99. The molecule has 0 saturated carbocycles. The number of phenolic OH excluding ortho intramolecular Hbond substituents is 2. The molecule has 0 bridgehead atoms. The minimum absolute atomic E-state index is 0.0184. The lowest BCUT2D eigenvalue weighted by Gasteiger charge is -2.39. The second-order valence-corrected chi connectivity index (χ2v) is 7.15. The number of aliphatic hydroxyl groups excluding tert-OH is 4. The molecule has 0 radical (unpaired) electrons. The standard InChI is InChI=1S/C21H20O10/c22-8-16-18(26)19(27)20(28)21(31-16)29-11-5-12(24)17-13(25)7-14(30-15(17)6-11)9-1-3-10(23)4-2-9/h1-7,16,18-24,26-28H,8H2. The Hall–Kier alpha value is -3.15. The van der Waals surface area contributed by atoms with Crippen molar-refractivity contribution in [3.63, 3.8) is 0 Å². The number of hydrogen-bond donors (Lipinski definition) is 6. The average Bonchev–Trinajstić information content (AvgIpc) is 2.74. The van der Waals surface area contributed by atoms with Gasteiger partial charge in [-0.25, -0.2) is 0 Å². The van der Waals surface area contributed by atoms with Gasteiger partial charge in [0.2, 0.25) is 6.29 Å². The number of aromatic hydroxyl groups is 2. The number of benzene rings is 2. The Kier molecular flexibility index (Phi) is 5.56. The maximum atomic E-state index is 12.5. The van der Waals surface area contributed by atoms with Crippen molar-refractivity contribution < 1.29 is 44.5 Å². The van der Waals surface area contributed by atoms with Gasteiger partial charge >= 0.3 is 0 Å². The molecule has 6 N–H and O–H groups in total. The number of rotatable bonds is 4. The molecule has 1 aliphatic rings. The quantitative estimate of drug-likeness (QED) is 0.331. The van der Waals surface area contributed by atoms with E-state index in [1.165, 1.54) is 24.3 Å². The third-order valence-corrected chi connectivity index (χ3v) is 5.04. The van der Waals surface area contributed by atoms with Crippen LogP contribution in [0, 0.1) is 0 Å². The summed E-state index contributed by atoms with van der Waals surface area (Å²) in [5.74, 6) is -0.273. The Morgan fingerprint density at radius 3 is 2.32 bits per heavy atom. The van der Waals surface area contributed by atoms with Crippen molar-refractivity contribution >= 4 is 11.0 Å². The van der Waals surface area contributed by atoms with E-state index >= 15 is 0 Å². The molecule has 2 aromatic carbocycles. The molecule has 5 atom stereocenters. The highest BCUT2D eigenvalue weighted by Gasteiger charge is 2.44. The van der Waals surface area contributed by atoms with Crippen LogP contribution < -0.4 is 10.2 Å². The summed E-state index contributed by atoms with van der Waals surface area (Å²) in [6.45, 7) is -0.626. The third kappa shape index (κ3) is 3.94. The fourth-order valence-corrected chi connectivity index (χ4v) is 3.38. The summed E-state index contributed by atoms with van der Waals surface area (Å²) in [6.07, 6.45) is -7.47. The van der Waals surface area contributed by atoms with Gasteiger partial charge in [-0.2, -0.15) is 0 Å². The highest BCUT2D eigenvalue weighted by Crippen LogP contribution is 2.33. The van der Waals surface area contributed by atoms with Crippen LogP contribution in [0.5, 0.6) is 17.2 Å². The van der Waals surface area contributed by atoms with Gasteiger partial charge in [0.15, 0.2) is 5.43 Å². The van der Waals surface area contributed by atoms with E-state index in [0.29, 0.717) is 5.56 Å². The largest absolute Gasteiger partial charge is 0.508 e. The van der Waals surface area contributed by atoms with Gasteiger partial charge in [-0.15, -0.1) is 0 Å². The molecule has 164 valence electrons. The van der Waals surface area contributed by atoms with Gasteiger partial charge < -0.3 is 44.5 Å². The summed E-state index contributed by atoms with van der Waals surface area (Å²) in [5.41, 5.74) is -0.0204. The van der Waals surface area contributed by atoms with Gasteiger partial charge in [-0.1, -0.05) is 0 Å².